The predicted molar refractivity (Wildman–Crippen MR) is 117 cm³/mol. The number of ether oxygens (including phenoxy) is 1. The molecule has 1 aromatic heterocycles. The lowest BCUT2D eigenvalue weighted by molar-refractivity contribution is -0.117. The van der Waals surface area contributed by atoms with Gasteiger partial charge in [-0.05, 0) is 61.0 Å². The quantitative estimate of drug-likeness (QED) is 0.442. The molecule has 6 nitrogen and oxygen atoms in total. The van der Waals surface area contributed by atoms with Gasteiger partial charge in [-0.25, -0.2) is 0 Å². The predicted octanol–water partition coefficient (Wildman–Crippen LogP) is 5.36. The second-order valence-corrected chi connectivity index (χ2v) is 7.64. The molecule has 1 atom stereocenters. The molecule has 0 spiro atoms. The maximum atomic E-state index is 12.5. The van der Waals surface area contributed by atoms with E-state index in [0.717, 1.165) is 28.3 Å². The standard InChI is InChI=1S/C25H21N3O3/c1-17-6-5-9-22(14-17)30-21-12-10-18(11-13-21)24-26-25(31-27-24)19-15-23(29)28(16-19)20-7-3-2-4-8-20/h2-14,19H,15-16H2,1H3/t19-/m1/s1. The van der Waals surface area contributed by atoms with Crippen molar-refractivity contribution in [2.24, 2.45) is 0 Å². The van der Waals surface area contributed by atoms with E-state index in [1.54, 1.807) is 4.90 Å². The molecule has 0 unspecified atom stereocenters. The molecule has 1 aliphatic rings. The molecule has 1 saturated heterocycles. The van der Waals surface area contributed by atoms with Gasteiger partial charge in [-0.2, -0.15) is 4.98 Å². The summed E-state index contributed by atoms with van der Waals surface area (Å²) in [5.74, 6) is 2.47. The first-order valence-electron chi connectivity index (χ1n) is 10.2. The highest BCUT2D eigenvalue weighted by atomic mass is 16.5. The van der Waals surface area contributed by atoms with Gasteiger partial charge in [0.15, 0.2) is 0 Å². The number of benzene rings is 3. The molecule has 1 fully saturated rings. The number of nitrogens with zero attached hydrogens (tertiary/aromatic N) is 3. The maximum Gasteiger partial charge on any atom is 0.232 e. The van der Waals surface area contributed by atoms with Gasteiger partial charge >= 0.3 is 0 Å². The number of carbonyl (C=O) groups excluding carboxylic acids is 1. The van der Waals surface area contributed by atoms with Crippen LogP contribution in [0.1, 0.15) is 23.8 Å². The molecule has 0 radical (unpaired) electrons. The van der Waals surface area contributed by atoms with Crippen LogP contribution in [0.25, 0.3) is 11.4 Å². The van der Waals surface area contributed by atoms with Crippen molar-refractivity contribution in [3.8, 4) is 22.9 Å². The Hall–Kier alpha value is -3.93. The Morgan fingerprint density at radius 3 is 2.55 bits per heavy atom. The van der Waals surface area contributed by atoms with E-state index in [9.17, 15) is 4.79 Å². The molecule has 0 aliphatic carbocycles. The number of amides is 1. The zero-order chi connectivity index (χ0) is 21.2. The largest absolute Gasteiger partial charge is 0.457 e. The number of aryl methyl sites for hydroxylation is 1. The van der Waals surface area contributed by atoms with Gasteiger partial charge in [-0.1, -0.05) is 35.5 Å². The lowest BCUT2D eigenvalue weighted by Crippen LogP contribution is -2.24. The Kier molecular flexibility index (Phi) is 4.96. The number of anilines is 1. The van der Waals surface area contributed by atoms with Crippen molar-refractivity contribution < 1.29 is 14.1 Å². The molecule has 5 rings (SSSR count). The zero-order valence-corrected chi connectivity index (χ0v) is 17.1. The van der Waals surface area contributed by atoms with Gasteiger partial charge in [-0.15, -0.1) is 0 Å². The van der Waals surface area contributed by atoms with E-state index >= 15 is 0 Å². The molecule has 31 heavy (non-hydrogen) atoms. The first-order chi connectivity index (χ1) is 15.2. The highest BCUT2D eigenvalue weighted by Gasteiger charge is 2.35. The highest BCUT2D eigenvalue weighted by Crippen LogP contribution is 2.32. The molecule has 2 heterocycles. The van der Waals surface area contributed by atoms with Crippen molar-refractivity contribution >= 4 is 11.6 Å². The lowest BCUT2D eigenvalue weighted by Gasteiger charge is -2.15. The summed E-state index contributed by atoms with van der Waals surface area (Å²) in [6.07, 6.45) is 0.361. The van der Waals surface area contributed by atoms with E-state index < -0.39 is 0 Å². The van der Waals surface area contributed by atoms with Crippen molar-refractivity contribution in [2.45, 2.75) is 19.3 Å². The maximum absolute atomic E-state index is 12.5. The molecule has 3 aromatic carbocycles. The van der Waals surface area contributed by atoms with Crippen LogP contribution in [-0.4, -0.2) is 22.6 Å². The van der Waals surface area contributed by atoms with Crippen LogP contribution >= 0.6 is 0 Å². The molecule has 154 valence electrons. The average Bonchev–Trinajstić information content (AvgIpc) is 3.42. The summed E-state index contributed by atoms with van der Waals surface area (Å²) in [7, 11) is 0. The van der Waals surface area contributed by atoms with Crippen LogP contribution in [0.3, 0.4) is 0 Å². The van der Waals surface area contributed by atoms with Gasteiger partial charge in [-0.3, -0.25) is 4.79 Å². The second kappa shape index (κ2) is 8.07. The Balaban J connectivity index is 1.29. The minimum atomic E-state index is -0.113. The van der Waals surface area contributed by atoms with Gasteiger partial charge in [0.1, 0.15) is 11.5 Å². The number of rotatable bonds is 5. The Morgan fingerprint density at radius 1 is 0.968 bits per heavy atom. The van der Waals surface area contributed by atoms with E-state index in [0.29, 0.717) is 24.7 Å². The summed E-state index contributed by atoms with van der Waals surface area (Å²) in [5.41, 5.74) is 2.86. The highest BCUT2D eigenvalue weighted by molar-refractivity contribution is 5.96. The number of hydrogen-bond donors (Lipinski definition) is 0. The van der Waals surface area contributed by atoms with Crippen molar-refractivity contribution in [1.82, 2.24) is 10.1 Å². The smallest absolute Gasteiger partial charge is 0.232 e. The molecule has 1 aliphatic heterocycles. The Morgan fingerprint density at radius 2 is 1.77 bits per heavy atom. The molecular formula is C25H21N3O3. The summed E-state index contributed by atoms with van der Waals surface area (Å²) >= 11 is 0. The van der Waals surface area contributed by atoms with Crippen LogP contribution in [0.2, 0.25) is 0 Å². The van der Waals surface area contributed by atoms with E-state index in [1.807, 2.05) is 85.8 Å². The minimum absolute atomic E-state index is 0.0635. The van der Waals surface area contributed by atoms with Crippen molar-refractivity contribution in [2.75, 3.05) is 11.4 Å². The van der Waals surface area contributed by atoms with Crippen LogP contribution in [0.5, 0.6) is 11.5 Å². The summed E-state index contributed by atoms with van der Waals surface area (Å²) in [5, 5.41) is 4.12. The fraction of sp³-hybridized carbons (Fsp3) is 0.160. The molecule has 1 amide bonds. The van der Waals surface area contributed by atoms with Crippen LogP contribution in [0.15, 0.2) is 83.4 Å². The topological polar surface area (TPSA) is 68.5 Å². The Bertz CT molecular complexity index is 1200. The minimum Gasteiger partial charge on any atom is -0.457 e. The summed E-state index contributed by atoms with van der Waals surface area (Å²) in [4.78, 5) is 18.8. The number of para-hydroxylation sites is 1. The SMILES string of the molecule is Cc1cccc(Oc2ccc(-c3noc([C@@H]4CC(=O)N(c5ccccc5)C4)n3)cc2)c1. The summed E-state index contributed by atoms with van der Waals surface area (Å²) in [6, 6.07) is 25.1. The van der Waals surface area contributed by atoms with Gasteiger partial charge in [0.05, 0.1) is 5.92 Å². The molecule has 0 bridgehead atoms. The van der Waals surface area contributed by atoms with Crippen molar-refractivity contribution in [1.29, 1.82) is 0 Å². The van der Waals surface area contributed by atoms with Gasteiger partial charge in [0, 0.05) is 24.2 Å². The molecule has 4 aromatic rings. The first kappa shape index (κ1) is 19.1. The van der Waals surface area contributed by atoms with Crippen LogP contribution in [0, 0.1) is 6.92 Å². The first-order valence-corrected chi connectivity index (χ1v) is 10.2. The van der Waals surface area contributed by atoms with E-state index in [1.165, 1.54) is 0 Å². The van der Waals surface area contributed by atoms with Crippen LogP contribution < -0.4 is 9.64 Å². The second-order valence-electron chi connectivity index (χ2n) is 7.64. The Labute approximate surface area is 180 Å². The van der Waals surface area contributed by atoms with Crippen molar-refractivity contribution in [3.05, 3.63) is 90.3 Å². The zero-order valence-electron chi connectivity index (χ0n) is 17.1. The van der Waals surface area contributed by atoms with Crippen LogP contribution in [0.4, 0.5) is 5.69 Å². The third kappa shape index (κ3) is 4.05. The summed E-state index contributed by atoms with van der Waals surface area (Å²) < 4.78 is 11.4. The number of carbonyl (C=O) groups is 1. The third-order valence-corrected chi connectivity index (χ3v) is 5.32. The molecular weight excluding hydrogens is 390 g/mol. The van der Waals surface area contributed by atoms with Crippen LogP contribution in [-0.2, 0) is 4.79 Å². The molecule has 6 heteroatoms. The number of aromatic nitrogens is 2. The molecule has 0 saturated carbocycles. The van der Waals surface area contributed by atoms with Crippen molar-refractivity contribution in [3.63, 3.8) is 0 Å². The fourth-order valence-corrected chi connectivity index (χ4v) is 3.74. The van der Waals surface area contributed by atoms with Gasteiger partial charge in [0.2, 0.25) is 17.6 Å². The number of hydrogen-bond acceptors (Lipinski definition) is 5. The van der Waals surface area contributed by atoms with E-state index in [4.69, 9.17) is 9.26 Å². The monoisotopic (exact) mass is 411 g/mol. The normalized spacial score (nSPS) is 16.0. The third-order valence-electron chi connectivity index (χ3n) is 5.32. The van der Waals surface area contributed by atoms with Gasteiger partial charge in [0.25, 0.3) is 0 Å². The van der Waals surface area contributed by atoms with E-state index in [-0.39, 0.29) is 11.8 Å². The lowest BCUT2D eigenvalue weighted by atomic mass is 10.1. The summed E-state index contributed by atoms with van der Waals surface area (Å²) in [6.45, 7) is 2.56. The van der Waals surface area contributed by atoms with E-state index in [2.05, 4.69) is 10.1 Å². The fourth-order valence-electron chi connectivity index (χ4n) is 3.74. The molecule has 0 N–H and O–H groups in total. The van der Waals surface area contributed by atoms with Gasteiger partial charge < -0.3 is 14.2 Å². The average molecular weight is 411 g/mol.